The van der Waals surface area contributed by atoms with Crippen LogP contribution in [0, 0.1) is 16.0 Å². The van der Waals surface area contributed by atoms with Gasteiger partial charge in [0, 0.05) is 30.4 Å². The van der Waals surface area contributed by atoms with E-state index in [-0.39, 0.29) is 11.4 Å². The average molecular weight is 276 g/mol. The Morgan fingerprint density at radius 1 is 1.20 bits per heavy atom. The summed E-state index contributed by atoms with van der Waals surface area (Å²) in [7, 11) is 0. The largest absolute Gasteiger partial charge is 0.502 e. The molecule has 2 fully saturated rings. The van der Waals surface area contributed by atoms with Crippen LogP contribution in [0.5, 0.6) is 5.75 Å². The van der Waals surface area contributed by atoms with Crippen LogP contribution < -0.4 is 4.90 Å². The second kappa shape index (κ2) is 5.31. The number of hydrogen-bond donors (Lipinski definition) is 1. The Kier molecular flexibility index (Phi) is 3.51. The lowest BCUT2D eigenvalue weighted by Crippen LogP contribution is -2.46. The van der Waals surface area contributed by atoms with Crippen molar-refractivity contribution in [1.82, 2.24) is 0 Å². The van der Waals surface area contributed by atoms with Crippen molar-refractivity contribution in [1.29, 1.82) is 0 Å². The number of anilines is 1. The van der Waals surface area contributed by atoms with Crippen molar-refractivity contribution in [3.05, 3.63) is 28.3 Å². The number of rotatable bonds is 2. The van der Waals surface area contributed by atoms with Crippen LogP contribution in [0.3, 0.4) is 0 Å². The van der Waals surface area contributed by atoms with E-state index in [0.29, 0.717) is 6.04 Å². The van der Waals surface area contributed by atoms with E-state index in [1.165, 1.54) is 44.6 Å². The second-order valence-electron chi connectivity index (χ2n) is 5.88. The van der Waals surface area contributed by atoms with Crippen molar-refractivity contribution in [3.8, 4) is 5.75 Å². The van der Waals surface area contributed by atoms with Crippen LogP contribution in [-0.4, -0.2) is 22.6 Å². The maximum atomic E-state index is 10.8. The lowest BCUT2D eigenvalue weighted by Gasteiger charge is -2.45. The third kappa shape index (κ3) is 2.32. The van der Waals surface area contributed by atoms with E-state index < -0.39 is 4.92 Å². The quantitative estimate of drug-likeness (QED) is 0.663. The van der Waals surface area contributed by atoms with Crippen LogP contribution in [0.4, 0.5) is 11.4 Å². The zero-order valence-electron chi connectivity index (χ0n) is 11.5. The molecule has 1 aliphatic heterocycles. The van der Waals surface area contributed by atoms with Crippen molar-refractivity contribution >= 4 is 11.4 Å². The minimum atomic E-state index is -0.543. The Morgan fingerprint density at radius 3 is 2.70 bits per heavy atom. The van der Waals surface area contributed by atoms with Crippen molar-refractivity contribution in [3.63, 3.8) is 0 Å². The van der Waals surface area contributed by atoms with Crippen LogP contribution in [0.25, 0.3) is 0 Å². The smallest absolute Gasteiger partial charge is 0.310 e. The summed E-state index contributed by atoms with van der Waals surface area (Å²) in [5.74, 6) is 0.514. The Labute approximate surface area is 118 Å². The molecular formula is C15H20N2O3. The Balaban J connectivity index is 1.87. The molecule has 1 N–H and O–H groups in total. The summed E-state index contributed by atoms with van der Waals surface area (Å²) in [5.41, 5.74) is 0.704. The minimum absolute atomic E-state index is 0.217. The van der Waals surface area contributed by atoms with Gasteiger partial charge in [0.05, 0.1) is 4.92 Å². The number of aromatic hydroxyl groups is 1. The minimum Gasteiger partial charge on any atom is -0.502 e. The van der Waals surface area contributed by atoms with Crippen LogP contribution in [-0.2, 0) is 0 Å². The topological polar surface area (TPSA) is 66.6 Å². The van der Waals surface area contributed by atoms with Crippen LogP contribution >= 0.6 is 0 Å². The molecule has 108 valence electrons. The Bertz CT molecular complexity index is 516. The number of benzene rings is 1. The Morgan fingerprint density at radius 2 is 1.95 bits per heavy atom. The Hall–Kier alpha value is -1.78. The molecule has 3 rings (SSSR count). The maximum absolute atomic E-state index is 10.8. The molecule has 0 bridgehead atoms. The fourth-order valence-electron chi connectivity index (χ4n) is 3.79. The number of nitrogens with zero attached hydrogens (tertiary/aromatic N) is 2. The molecule has 2 aliphatic rings. The van der Waals surface area contributed by atoms with Gasteiger partial charge in [0.25, 0.3) is 0 Å². The molecular weight excluding hydrogens is 256 g/mol. The van der Waals surface area contributed by atoms with E-state index >= 15 is 0 Å². The molecule has 5 nitrogen and oxygen atoms in total. The molecule has 5 heteroatoms. The summed E-state index contributed by atoms with van der Waals surface area (Å²) >= 11 is 0. The van der Waals surface area contributed by atoms with E-state index in [4.69, 9.17) is 0 Å². The van der Waals surface area contributed by atoms with Gasteiger partial charge in [-0.1, -0.05) is 12.8 Å². The van der Waals surface area contributed by atoms with Crippen molar-refractivity contribution in [2.24, 2.45) is 5.92 Å². The zero-order chi connectivity index (χ0) is 14.1. The van der Waals surface area contributed by atoms with Gasteiger partial charge >= 0.3 is 5.69 Å². The monoisotopic (exact) mass is 276 g/mol. The van der Waals surface area contributed by atoms with Crippen molar-refractivity contribution in [2.45, 2.75) is 44.6 Å². The summed E-state index contributed by atoms with van der Waals surface area (Å²) in [6, 6.07) is 5.28. The summed E-state index contributed by atoms with van der Waals surface area (Å²) in [5, 5.41) is 20.6. The van der Waals surface area contributed by atoms with Gasteiger partial charge in [-0.2, -0.15) is 0 Å². The van der Waals surface area contributed by atoms with Gasteiger partial charge in [-0.05, 0) is 37.7 Å². The van der Waals surface area contributed by atoms with Gasteiger partial charge in [-0.3, -0.25) is 10.1 Å². The lowest BCUT2D eigenvalue weighted by atomic mass is 9.78. The molecule has 20 heavy (non-hydrogen) atoms. The third-order valence-corrected chi connectivity index (χ3v) is 4.73. The summed E-state index contributed by atoms with van der Waals surface area (Å²) in [6.45, 7) is 0.985. The SMILES string of the molecule is O=[N+]([O-])c1ccc(N2CCCC3CCCCC32)cc1O. The van der Waals surface area contributed by atoms with Gasteiger partial charge in [-0.15, -0.1) is 0 Å². The standard InChI is InChI=1S/C15H20N2O3/c18-15-10-12(7-8-14(15)17(19)20)16-9-3-5-11-4-1-2-6-13(11)16/h7-8,10-11,13,18H,1-6,9H2. The normalized spacial score (nSPS) is 26.1. The molecule has 1 aliphatic carbocycles. The van der Waals surface area contributed by atoms with E-state index in [0.717, 1.165) is 18.2 Å². The van der Waals surface area contributed by atoms with Gasteiger partial charge < -0.3 is 10.0 Å². The number of piperidine rings is 1. The van der Waals surface area contributed by atoms with E-state index in [1.54, 1.807) is 12.1 Å². The predicted molar refractivity (Wildman–Crippen MR) is 77.1 cm³/mol. The molecule has 0 amide bonds. The molecule has 1 saturated carbocycles. The highest BCUT2D eigenvalue weighted by molar-refractivity contribution is 5.59. The lowest BCUT2D eigenvalue weighted by molar-refractivity contribution is -0.385. The van der Waals surface area contributed by atoms with E-state index in [9.17, 15) is 15.2 Å². The van der Waals surface area contributed by atoms with Crippen LogP contribution in [0.1, 0.15) is 38.5 Å². The average Bonchev–Trinajstić information content (AvgIpc) is 2.46. The van der Waals surface area contributed by atoms with E-state index in [1.807, 2.05) is 0 Å². The van der Waals surface area contributed by atoms with E-state index in [2.05, 4.69) is 4.90 Å². The number of nitro groups is 1. The van der Waals surface area contributed by atoms with Gasteiger partial charge in [0.15, 0.2) is 5.75 Å². The number of phenolic OH excluding ortho intramolecular Hbond substituents is 1. The molecule has 0 aromatic heterocycles. The number of fused-ring (bicyclic) bond motifs is 1. The molecule has 2 unspecified atom stereocenters. The maximum Gasteiger partial charge on any atom is 0.310 e. The van der Waals surface area contributed by atoms with Crippen LogP contribution in [0.15, 0.2) is 18.2 Å². The molecule has 1 saturated heterocycles. The molecule has 1 heterocycles. The predicted octanol–water partition coefficient (Wildman–Crippen LogP) is 3.46. The van der Waals surface area contributed by atoms with Crippen LogP contribution in [0.2, 0.25) is 0 Å². The van der Waals surface area contributed by atoms with Crippen molar-refractivity contribution < 1.29 is 10.0 Å². The first-order valence-electron chi connectivity index (χ1n) is 7.41. The number of nitro benzene ring substituents is 1. The molecule has 2 atom stereocenters. The van der Waals surface area contributed by atoms with Gasteiger partial charge in [-0.25, -0.2) is 0 Å². The fourth-order valence-corrected chi connectivity index (χ4v) is 3.79. The second-order valence-corrected chi connectivity index (χ2v) is 5.88. The summed E-state index contributed by atoms with van der Waals surface area (Å²) < 4.78 is 0. The fraction of sp³-hybridized carbons (Fsp3) is 0.600. The first kappa shape index (κ1) is 13.2. The first-order valence-corrected chi connectivity index (χ1v) is 7.41. The summed E-state index contributed by atoms with van der Waals surface area (Å²) in [4.78, 5) is 12.6. The van der Waals surface area contributed by atoms with Gasteiger partial charge in [0.1, 0.15) is 0 Å². The number of phenols is 1. The van der Waals surface area contributed by atoms with Crippen molar-refractivity contribution in [2.75, 3.05) is 11.4 Å². The molecule has 0 radical (unpaired) electrons. The first-order chi connectivity index (χ1) is 9.66. The molecule has 0 spiro atoms. The van der Waals surface area contributed by atoms with Gasteiger partial charge in [0.2, 0.25) is 0 Å². The summed E-state index contributed by atoms with van der Waals surface area (Å²) in [6.07, 6.45) is 7.53. The molecule has 1 aromatic rings. The highest BCUT2D eigenvalue weighted by Crippen LogP contribution is 2.39. The molecule has 1 aromatic carbocycles. The number of hydrogen-bond acceptors (Lipinski definition) is 4. The highest BCUT2D eigenvalue weighted by atomic mass is 16.6. The highest BCUT2D eigenvalue weighted by Gasteiger charge is 2.33. The zero-order valence-corrected chi connectivity index (χ0v) is 11.5. The third-order valence-electron chi connectivity index (χ3n) is 4.73.